The highest BCUT2D eigenvalue weighted by molar-refractivity contribution is 7.22. The number of fused-ring (bicyclic) bond motifs is 3. The Kier molecular flexibility index (Phi) is 6.60. The van der Waals surface area contributed by atoms with Gasteiger partial charge in [-0.1, -0.05) is 120 Å². The van der Waals surface area contributed by atoms with Crippen LogP contribution < -0.4 is 20.7 Å². The zero-order chi connectivity index (χ0) is 29.9. The van der Waals surface area contributed by atoms with E-state index in [1.54, 1.807) is 0 Å². The Bertz CT molecular complexity index is 1820. The van der Waals surface area contributed by atoms with Gasteiger partial charge in [-0.15, -0.1) is 0 Å². The normalized spacial score (nSPS) is 13.1. The maximum absolute atomic E-state index is 2.55. The van der Waals surface area contributed by atoms with Crippen molar-refractivity contribution in [2.24, 2.45) is 0 Å². The Morgan fingerprint density at radius 3 is 1.07 bits per heavy atom. The second-order valence-corrected chi connectivity index (χ2v) is 16.3. The van der Waals surface area contributed by atoms with Crippen LogP contribution in [0.15, 0.2) is 121 Å². The van der Waals surface area contributed by atoms with Gasteiger partial charge in [-0.25, -0.2) is 0 Å². The van der Waals surface area contributed by atoms with Crippen molar-refractivity contribution in [3.63, 3.8) is 0 Å². The molecule has 0 nitrogen and oxygen atoms in total. The summed E-state index contributed by atoms with van der Waals surface area (Å²) >= 11 is 0. The standard InChI is InChI=1S/C42H38Si/c1-27-21-29(3)41(30(4)22-27)33-17-19-39-37(25-33)38-26-34(42-31(5)23-28(2)24-32(42)6)18-20-40(38)43(39,35-13-9-7-10-14-35)36-15-11-8-12-16-36/h7-26H,1-6H3. The molecular formula is C42H38Si. The van der Waals surface area contributed by atoms with Gasteiger partial charge in [0.25, 0.3) is 0 Å². The van der Waals surface area contributed by atoms with Gasteiger partial charge in [0, 0.05) is 0 Å². The summed E-state index contributed by atoms with van der Waals surface area (Å²) < 4.78 is 0. The molecule has 6 aromatic carbocycles. The lowest BCUT2D eigenvalue weighted by Gasteiger charge is -2.31. The Labute approximate surface area is 257 Å². The van der Waals surface area contributed by atoms with E-state index in [0.717, 1.165) is 0 Å². The van der Waals surface area contributed by atoms with Crippen LogP contribution in [0.25, 0.3) is 33.4 Å². The molecule has 0 fully saturated rings. The van der Waals surface area contributed by atoms with E-state index in [9.17, 15) is 0 Å². The van der Waals surface area contributed by atoms with Crippen molar-refractivity contribution in [2.45, 2.75) is 41.5 Å². The molecule has 0 atom stereocenters. The number of rotatable bonds is 4. The van der Waals surface area contributed by atoms with Gasteiger partial charge in [-0.2, -0.15) is 0 Å². The first-order valence-corrected chi connectivity index (χ1v) is 17.4. The number of aryl methyl sites for hydroxylation is 6. The third-order valence-electron chi connectivity index (χ3n) is 9.48. The van der Waals surface area contributed by atoms with Gasteiger partial charge in [0.15, 0.2) is 8.07 Å². The van der Waals surface area contributed by atoms with Gasteiger partial charge in [-0.05, 0) is 130 Å². The van der Waals surface area contributed by atoms with Crippen LogP contribution in [-0.4, -0.2) is 8.07 Å². The molecule has 0 spiro atoms. The molecule has 7 rings (SSSR count). The molecule has 1 aliphatic heterocycles. The van der Waals surface area contributed by atoms with Crippen LogP contribution in [0.5, 0.6) is 0 Å². The molecule has 0 amide bonds. The molecule has 1 heterocycles. The van der Waals surface area contributed by atoms with E-state index in [1.165, 1.54) is 87.5 Å². The van der Waals surface area contributed by atoms with E-state index in [1.807, 2.05) is 0 Å². The number of hydrogen-bond acceptors (Lipinski definition) is 0. The summed E-state index contributed by atoms with van der Waals surface area (Å²) in [4.78, 5) is 0. The number of benzene rings is 6. The first-order chi connectivity index (χ1) is 20.8. The van der Waals surface area contributed by atoms with Crippen molar-refractivity contribution < 1.29 is 0 Å². The zero-order valence-corrected chi connectivity index (χ0v) is 27.0. The summed E-state index contributed by atoms with van der Waals surface area (Å²) in [6, 6.07) is 46.6. The molecule has 1 aliphatic rings. The van der Waals surface area contributed by atoms with Crippen molar-refractivity contribution >= 4 is 28.8 Å². The minimum absolute atomic E-state index is 1.30. The smallest absolute Gasteiger partial charge is 0.0623 e. The SMILES string of the molecule is Cc1cc(C)c(-c2ccc3c(c2)-c2cc(-c4c(C)cc(C)cc4C)ccc2[Si]3(c2ccccc2)c2ccccc2)c(C)c1. The minimum atomic E-state index is -2.55. The highest BCUT2D eigenvalue weighted by Gasteiger charge is 2.48. The topological polar surface area (TPSA) is 0 Å². The molecule has 1 heteroatoms. The number of hydrogen-bond donors (Lipinski definition) is 0. The lowest BCUT2D eigenvalue weighted by atomic mass is 9.90. The molecule has 210 valence electrons. The lowest BCUT2D eigenvalue weighted by molar-refractivity contribution is 1.32. The van der Waals surface area contributed by atoms with Crippen LogP contribution in [0.4, 0.5) is 0 Å². The van der Waals surface area contributed by atoms with Crippen LogP contribution in [0.3, 0.4) is 0 Å². The summed E-state index contributed by atoms with van der Waals surface area (Å²) in [5, 5.41) is 5.85. The Morgan fingerprint density at radius 2 is 0.721 bits per heavy atom. The lowest BCUT2D eigenvalue weighted by Crippen LogP contribution is -2.72. The van der Waals surface area contributed by atoms with Crippen molar-refractivity contribution in [1.82, 2.24) is 0 Å². The summed E-state index contributed by atoms with van der Waals surface area (Å²) in [7, 11) is -2.55. The monoisotopic (exact) mass is 570 g/mol. The average molecular weight is 571 g/mol. The van der Waals surface area contributed by atoms with Gasteiger partial charge in [0.05, 0.1) is 0 Å². The first-order valence-electron chi connectivity index (χ1n) is 15.4. The summed E-state index contributed by atoms with van der Waals surface area (Å²) in [5.41, 5.74) is 16.1. The van der Waals surface area contributed by atoms with Gasteiger partial charge in [-0.3, -0.25) is 0 Å². The third kappa shape index (κ3) is 4.26. The summed E-state index contributed by atoms with van der Waals surface area (Å²) in [5.74, 6) is 0. The van der Waals surface area contributed by atoms with Crippen molar-refractivity contribution in [3.05, 3.63) is 155 Å². The molecule has 0 N–H and O–H groups in total. The Balaban J connectivity index is 1.58. The van der Waals surface area contributed by atoms with E-state index in [4.69, 9.17) is 0 Å². The molecule has 6 aromatic rings. The molecule has 0 saturated carbocycles. The van der Waals surface area contributed by atoms with Gasteiger partial charge >= 0.3 is 0 Å². The molecule has 43 heavy (non-hydrogen) atoms. The first kappa shape index (κ1) is 27.4. The quantitative estimate of drug-likeness (QED) is 0.187. The fourth-order valence-electron chi connectivity index (χ4n) is 8.08. The van der Waals surface area contributed by atoms with E-state index in [2.05, 4.69) is 163 Å². The molecule has 0 aromatic heterocycles. The van der Waals surface area contributed by atoms with Crippen LogP contribution in [0, 0.1) is 41.5 Å². The largest absolute Gasteiger partial charge is 0.180 e. The van der Waals surface area contributed by atoms with E-state index < -0.39 is 8.07 Å². The highest BCUT2D eigenvalue weighted by atomic mass is 28.3. The maximum Gasteiger partial charge on any atom is 0.180 e. The summed E-state index contributed by atoms with van der Waals surface area (Å²) in [6.45, 7) is 13.4. The molecule has 0 radical (unpaired) electrons. The second-order valence-electron chi connectivity index (χ2n) is 12.6. The highest BCUT2D eigenvalue weighted by Crippen LogP contribution is 2.38. The van der Waals surface area contributed by atoms with Crippen LogP contribution in [0.2, 0.25) is 0 Å². The van der Waals surface area contributed by atoms with E-state index in [0.29, 0.717) is 0 Å². The molecule has 0 bridgehead atoms. The summed E-state index contributed by atoms with van der Waals surface area (Å²) in [6.07, 6.45) is 0. The predicted octanol–water partition coefficient (Wildman–Crippen LogP) is 8.23. The fraction of sp³-hybridized carbons (Fsp3) is 0.143. The second kappa shape index (κ2) is 10.4. The third-order valence-corrected chi connectivity index (χ3v) is 14.4. The Hall–Kier alpha value is -4.46. The Morgan fingerprint density at radius 1 is 0.372 bits per heavy atom. The van der Waals surface area contributed by atoms with E-state index in [-0.39, 0.29) is 0 Å². The maximum atomic E-state index is 2.50. The van der Waals surface area contributed by atoms with E-state index >= 15 is 0 Å². The fourth-order valence-corrected chi connectivity index (χ4v) is 13.2. The molecule has 0 saturated heterocycles. The van der Waals surface area contributed by atoms with Crippen molar-refractivity contribution in [3.8, 4) is 33.4 Å². The average Bonchev–Trinajstić information content (AvgIpc) is 3.27. The zero-order valence-electron chi connectivity index (χ0n) is 26.0. The molecule has 0 unspecified atom stereocenters. The molecule has 0 aliphatic carbocycles. The predicted molar refractivity (Wildman–Crippen MR) is 188 cm³/mol. The van der Waals surface area contributed by atoms with Gasteiger partial charge in [0.1, 0.15) is 0 Å². The van der Waals surface area contributed by atoms with Crippen LogP contribution in [-0.2, 0) is 0 Å². The minimum Gasteiger partial charge on any atom is -0.0623 e. The molecular weight excluding hydrogens is 533 g/mol. The van der Waals surface area contributed by atoms with Gasteiger partial charge in [0.2, 0.25) is 0 Å². The van der Waals surface area contributed by atoms with Gasteiger partial charge < -0.3 is 0 Å². The van der Waals surface area contributed by atoms with Crippen molar-refractivity contribution in [1.29, 1.82) is 0 Å². The van der Waals surface area contributed by atoms with Crippen LogP contribution in [0.1, 0.15) is 33.4 Å². The van der Waals surface area contributed by atoms with Crippen LogP contribution >= 0.6 is 0 Å². The van der Waals surface area contributed by atoms with Crippen molar-refractivity contribution in [2.75, 3.05) is 0 Å².